The Balaban J connectivity index is 5.21. The zero-order chi connectivity index (χ0) is 71.7. The van der Waals surface area contributed by atoms with Gasteiger partial charge in [0.1, 0.15) is 19.3 Å². The van der Waals surface area contributed by atoms with Crippen molar-refractivity contribution in [1.29, 1.82) is 0 Å². The Morgan fingerprint density at radius 3 is 0.639 bits per heavy atom. The lowest BCUT2D eigenvalue weighted by atomic mass is 10.0. The maximum atomic E-state index is 13.1. The molecular weight excluding hydrogens is 1270 g/mol. The third-order valence-electron chi connectivity index (χ3n) is 18.1. The Kier molecular flexibility index (Phi) is 65.9. The molecule has 0 bridgehead atoms. The molecule has 0 aromatic rings. The Labute approximate surface area is 594 Å². The topological polar surface area (TPSA) is 237 Å². The van der Waals surface area contributed by atoms with Crippen LogP contribution < -0.4 is 0 Å². The minimum atomic E-state index is -4.96. The molecule has 0 amide bonds. The molecule has 0 heterocycles. The monoisotopic (exact) mass is 1420 g/mol. The Morgan fingerprint density at radius 2 is 0.433 bits per heavy atom. The summed E-state index contributed by atoms with van der Waals surface area (Å²) in [6, 6.07) is 0. The van der Waals surface area contributed by atoms with Crippen LogP contribution in [0, 0.1) is 23.7 Å². The molecular formula is C78H152O17P2. The van der Waals surface area contributed by atoms with Gasteiger partial charge in [-0.05, 0) is 49.4 Å². The van der Waals surface area contributed by atoms with Gasteiger partial charge < -0.3 is 33.8 Å². The number of esters is 4. The van der Waals surface area contributed by atoms with Crippen molar-refractivity contribution in [3.05, 3.63) is 0 Å². The van der Waals surface area contributed by atoms with Gasteiger partial charge in [0.05, 0.1) is 26.4 Å². The van der Waals surface area contributed by atoms with Crippen molar-refractivity contribution in [2.75, 3.05) is 39.6 Å². The smallest absolute Gasteiger partial charge is 0.462 e. The predicted octanol–water partition coefficient (Wildman–Crippen LogP) is 22.8. The molecule has 0 aromatic carbocycles. The van der Waals surface area contributed by atoms with E-state index in [1.807, 2.05) is 0 Å². The van der Waals surface area contributed by atoms with Crippen LogP contribution in [-0.2, 0) is 65.4 Å². The highest BCUT2D eigenvalue weighted by molar-refractivity contribution is 7.47. The first kappa shape index (κ1) is 95.1. The Bertz CT molecular complexity index is 1900. The van der Waals surface area contributed by atoms with Crippen molar-refractivity contribution >= 4 is 39.5 Å². The molecule has 0 saturated carbocycles. The second-order valence-electron chi connectivity index (χ2n) is 30.0. The van der Waals surface area contributed by atoms with Crippen LogP contribution >= 0.6 is 15.6 Å². The van der Waals surface area contributed by atoms with Crippen LogP contribution in [-0.4, -0.2) is 96.7 Å². The van der Waals surface area contributed by atoms with Gasteiger partial charge in [-0.25, -0.2) is 9.13 Å². The van der Waals surface area contributed by atoms with Crippen LogP contribution in [0.3, 0.4) is 0 Å². The van der Waals surface area contributed by atoms with E-state index in [1.54, 1.807) is 0 Å². The molecule has 17 nitrogen and oxygen atoms in total. The fraction of sp³-hybridized carbons (Fsp3) is 0.949. The number of phosphoric acid groups is 2. The van der Waals surface area contributed by atoms with E-state index in [1.165, 1.54) is 193 Å². The molecule has 0 aliphatic carbocycles. The van der Waals surface area contributed by atoms with Crippen LogP contribution in [0.2, 0.25) is 0 Å². The van der Waals surface area contributed by atoms with Gasteiger partial charge in [-0.1, -0.05) is 344 Å². The maximum Gasteiger partial charge on any atom is 0.472 e. The van der Waals surface area contributed by atoms with Crippen molar-refractivity contribution < 1.29 is 80.2 Å². The van der Waals surface area contributed by atoms with E-state index in [-0.39, 0.29) is 25.7 Å². The highest BCUT2D eigenvalue weighted by atomic mass is 31.2. The quantitative estimate of drug-likeness (QED) is 0.0222. The van der Waals surface area contributed by atoms with Crippen LogP contribution in [0.4, 0.5) is 0 Å². The fourth-order valence-electron chi connectivity index (χ4n) is 11.9. The van der Waals surface area contributed by atoms with Crippen LogP contribution in [0.15, 0.2) is 0 Å². The molecule has 0 radical (unpaired) electrons. The molecule has 0 spiro atoms. The molecule has 0 fully saturated rings. The fourth-order valence-corrected chi connectivity index (χ4v) is 13.5. The number of carbonyl (C=O) groups is 4. The number of aliphatic hydroxyl groups is 1. The van der Waals surface area contributed by atoms with E-state index in [0.29, 0.717) is 31.6 Å². The predicted molar refractivity (Wildman–Crippen MR) is 395 cm³/mol. The minimum Gasteiger partial charge on any atom is -0.462 e. The molecule has 0 aromatic heterocycles. The lowest BCUT2D eigenvalue weighted by Crippen LogP contribution is -2.30. The maximum absolute atomic E-state index is 13.1. The summed E-state index contributed by atoms with van der Waals surface area (Å²) < 4.78 is 68.6. The number of hydrogen-bond donors (Lipinski definition) is 3. The minimum absolute atomic E-state index is 0.105. The molecule has 19 heteroatoms. The highest BCUT2D eigenvalue weighted by Crippen LogP contribution is 2.45. The van der Waals surface area contributed by atoms with Crippen molar-refractivity contribution in [2.45, 2.75) is 414 Å². The van der Waals surface area contributed by atoms with Gasteiger partial charge in [0.25, 0.3) is 0 Å². The molecule has 0 aliphatic heterocycles. The highest BCUT2D eigenvalue weighted by Gasteiger charge is 2.30. The molecule has 0 saturated heterocycles. The Hall–Kier alpha value is -1.94. The normalized spacial score (nSPS) is 14.1. The van der Waals surface area contributed by atoms with Gasteiger partial charge in [0, 0.05) is 25.7 Å². The largest absolute Gasteiger partial charge is 0.472 e. The summed E-state index contributed by atoms with van der Waals surface area (Å²) in [5, 5.41) is 10.6. The molecule has 0 rings (SSSR count). The van der Waals surface area contributed by atoms with Gasteiger partial charge in [0.2, 0.25) is 0 Å². The van der Waals surface area contributed by atoms with Gasteiger partial charge in [-0.15, -0.1) is 0 Å². The second-order valence-corrected chi connectivity index (χ2v) is 32.9. The third-order valence-corrected chi connectivity index (χ3v) is 20.0. The number of hydrogen-bond acceptors (Lipinski definition) is 15. The van der Waals surface area contributed by atoms with E-state index >= 15 is 0 Å². The molecule has 3 N–H and O–H groups in total. The first-order valence-corrected chi connectivity index (χ1v) is 43.2. The zero-order valence-corrected chi connectivity index (χ0v) is 65.5. The molecule has 0 aliphatic rings. The van der Waals surface area contributed by atoms with Gasteiger partial charge in [-0.2, -0.15) is 0 Å². The van der Waals surface area contributed by atoms with Gasteiger partial charge in [-0.3, -0.25) is 37.3 Å². The number of phosphoric ester groups is 2. The van der Waals surface area contributed by atoms with Crippen molar-refractivity contribution in [3.63, 3.8) is 0 Å². The van der Waals surface area contributed by atoms with E-state index < -0.39 is 97.5 Å². The number of rotatable bonds is 75. The number of carbonyl (C=O) groups excluding carboxylic acids is 4. The first-order chi connectivity index (χ1) is 46.6. The lowest BCUT2D eigenvalue weighted by Gasteiger charge is -2.21. The first-order valence-electron chi connectivity index (χ1n) is 40.2. The van der Waals surface area contributed by atoms with Crippen molar-refractivity contribution in [1.82, 2.24) is 0 Å². The summed E-state index contributed by atoms with van der Waals surface area (Å²) in [5.74, 6) is 0.915. The molecule has 3 unspecified atom stereocenters. The summed E-state index contributed by atoms with van der Waals surface area (Å²) in [4.78, 5) is 72.8. The molecule has 576 valence electrons. The van der Waals surface area contributed by atoms with E-state index in [4.69, 9.17) is 37.0 Å². The zero-order valence-electron chi connectivity index (χ0n) is 63.7. The standard InChI is InChI=1S/C78H152O17P2/c1-68(2)54-46-38-30-23-18-15-13-11-9-10-12-14-16-20-26-35-44-52-60-77(82)94-73(64-88-75(80)58-50-42-34-28-22-25-32-40-48-56-70(5)6)66-92-96(84,85)90-62-72(79)63-91-97(86,87)93-67-74(65-89-76(81)59-51-43-37-29-33-41-49-57-71(7)8)95-78(83)61-53-45-36-27-21-17-19-24-31-39-47-55-69(3)4/h68-74,79H,9-67H2,1-8H3,(H,84,85)(H,86,87)/t72?,73-,74-/m1/s1. The summed E-state index contributed by atoms with van der Waals surface area (Å²) in [6.07, 6.45) is 52.9. The SMILES string of the molecule is CC(C)CCCCCCCCCCCCCCCCCCCCC(=O)O[C@H](COC(=O)CCCCCCCCCCCC(C)C)COP(=O)(O)OCC(O)COP(=O)(O)OC[C@@H](COC(=O)CCCCCCCCCC(C)C)OC(=O)CCCCCCCCCCCCCC(C)C. The van der Waals surface area contributed by atoms with Gasteiger partial charge in [0.15, 0.2) is 12.2 Å². The average molecular weight is 1420 g/mol. The number of unbranched alkanes of at least 4 members (excludes halogenated alkanes) is 41. The molecule has 97 heavy (non-hydrogen) atoms. The second kappa shape index (κ2) is 67.2. The molecule has 5 atom stereocenters. The van der Waals surface area contributed by atoms with Gasteiger partial charge >= 0.3 is 39.5 Å². The average Bonchev–Trinajstić information content (AvgIpc) is 1.01. The van der Waals surface area contributed by atoms with Crippen LogP contribution in [0.1, 0.15) is 396 Å². The van der Waals surface area contributed by atoms with E-state index in [9.17, 15) is 43.2 Å². The van der Waals surface area contributed by atoms with Crippen LogP contribution in [0.25, 0.3) is 0 Å². The third kappa shape index (κ3) is 72.2. The number of aliphatic hydroxyl groups excluding tert-OH is 1. The Morgan fingerprint density at radius 1 is 0.258 bits per heavy atom. The summed E-state index contributed by atoms with van der Waals surface area (Å²) in [6.45, 7) is 14.2. The summed E-state index contributed by atoms with van der Waals surface area (Å²) in [7, 11) is -9.92. The summed E-state index contributed by atoms with van der Waals surface area (Å²) in [5.41, 5.74) is 0. The summed E-state index contributed by atoms with van der Waals surface area (Å²) >= 11 is 0. The number of ether oxygens (including phenoxy) is 4. The van der Waals surface area contributed by atoms with Crippen LogP contribution in [0.5, 0.6) is 0 Å². The van der Waals surface area contributed by atoms with E-state index in [2.05, 4.69) is 55.4 Å². The van der Waals surface area contributed by atoms with E-state index in [0.717, 1.165) is 114 Å². The van der Waals surface area contributed by atoms with Crippen molar-refractivity contribution in [2.24, 2.45) is 23.7 Å². The lowest BCUT2D eigenvalue weighted by molar-refractivity contribution is -0.161. The van der Waals surface area contributed by atoms with Crippen molar-refractivity contribution in [3.8, 4) is 0 Å².